The molecule has 1 aromatic rings. The molecule has 9 heteroatoms. The molecule has 0 aromatic carbocycles. The van der Waals surface area contributed by atoms with Crippen LogP contribution in [-0.2, 0) is 16.6 Å². The van der Waals surface area contributed by atoms with Crippen LogP contribution in [0, 0.1) is 0 Å². The molecule has 2 N–H and O–H groups in total. The van der Waals surface area contributed by atoms with Gasteiger partial charge < -0.3 is 10.3 Å². The van der Waals surface area contributed by atoms with Crippen molar-refractivity contribution in [2.75, 3.05) is 19.6 Å². The third kappa shape index (κ3) is 5.33. The van der Waals surface area contributed by atoms with Crippen molar-refractivity contribution in [1.82, 2.24) is 14.6 Å². The minimum atomic E-state index is -4.56. The van der Waals surface area contributed by atoms with Gasteiger partial charge in [-0.05, 0) is 19.0 Å². The fourth-order valence-corrected chi connectivity index (χ4v) is 3.35. The average molecular weight is 327 g/mol. The van der Waals surface area contributed by atoms with Crippen molar-refractivity contribution in [3.8, 4) is 0 Å². The van der Waals surface area contributed by atoms with Gasteiger partial charge in [0, 0.05) is 25.0 Å². The Balaban J connectivity index is 2.97. The molecular formula is C12H20F3N3O2S. The summed E-state index contributed by atoms with van der Waals surface area (Å²) in [6.45, 7) is 3.02. The Morgan fingerprint density at radius 3 is 2.52 bits per heavy atom. The normalized spacial score (nSPS) is 13.0. The Morgan fingerprint density at radius 2 is 2.00 bits per heavy atom. The molecule has 0 atom stereocenters. The lowest BCUT2D eigenvalue weighted by atomic mass is 10.4. The Kier molecular flexibility index (Phi) is 6.24. The van der Waals surface area contributed by atoms with Crippen molar-refractivity contribution in [3.63, 3.8) is 0 Å². The van der Waals surface area contributed by atoms with Crippen LogP contribution in [0.25, 0.3) is 0 Å². The van der Waals surface area contributed by atoms with Crippen LogP contribution in [0.3, 0.4) is 0 Å². The molecule has 21 heavy (non-hydrogen) atoms. The van der Waals surface area contributed by atoms with Gasteiger partial charge in [-0.25, -0.2) is 8.42 Å². The molecule has 0 bridgehead atoms. The molecule has 0 amide bonds. The zero-order chi connectivity index (χ0) is 16.1. The number of rotatable bonds is 8. The monoisotopic (exact) mass is 327 g/mol. The third-order valence-corrected chi connectivity index (χ3v) is 4.57. The maximum atomic E-state index is 12.5. The van der Waals surface area contributed by atoms with Crippen LogP contribution >= 0.6 is 0 Å². The Bertz CT molecular complexity index is 540. The molecule has 0 fully saturated rings. The van der Waals surface area contributed by atoms with Gasteiger partial charge in [-0.3, -0.25) is 0 Å². The van der Waals surface area contributed by atoms with E-state index < -0.39 is 22.7 Å². The summed E-state index contributed by atoms with van der Waals surface area (Å²) in [7, 11) is -4.15. The van der Waals surface area contributed by atoms with Crippen LogP contribution in [0.2, 0.25) is 0 Å². The lowest BCUT2D eigenvalue weighted by Crippen LogP contribution is -2.39. The number of aromatic nitrogens is 1. The summed E-state index contributed by atoms with van der Waals surface area (Å²) in [5.41, 5.74) is 0.610. The first-order valence-electron chi connectivity index (χ1n) is 6.65. The number of hydrogen-bond donors (Lipinski definition) is 2. The standard InChI is InChI=1S/C12H20F3N3O2S/c1-3-5-18(9-12(13,14)15)21(19,20)11-6-10(17-8-11)7-16-4-2/h6,8,16-17H,3-5,7,9H2,1-2H3. The van der Waals surface area contributed by atoms with Gasteiger partial charge in [-0.15, -0.1) is 0 Å². The zero-order valence-electron chi connectivity index (χ0n) is 12.0. The maximum Gasteiger partial charge on any atom is 0.402 e. The summed E-state index contributed by atoms with van der Waals surface area (Å²) in [5.74, 6) is 0. The molecule has 122 valence electrons. The van der Waals surface area contributed by atoms with E-state index in [0.717, 1.165) is 0 Å². The molecule has 0 radical (unpaired) electrons. The predicted octanol–water partition coefficient (Wildman–Crippen LogP) is 2.09. The molecule has 0 spiro atoms. The summed E-state index contributed by atoms with van der Waals surface area (Å²) in [5, 5.41) is 3.00. The van der Waals surface area contributed by atoms with E-state index in [2.05, 4.69) is 10.3 Å². The second-order valence-corrected chi connectivity index (χ2v) is 6.53. The molecular weight excluding hydrogens is 307 g/mol. The first-order chi connectivity index (χ1) is 9.70. The highest BCUT2D eigenvalue weighted by atomic mass is 32.2. The van der Waals surface area contributed by atoms with Gasteiger partial charge in [-0.1, -0.05) is 13.8 Å². The average Bonchev–Trinajstić information content (AvgIpc) is 2.83. The summed E-state index contributed by atoms with van der Waals surface area (Å²) in [6.07, 6.45) is -3.03. The molecule has 1 heterocycles. The fraction of sp³-hybridized carbons (Fsp3) is 0.667. The topological polar surface area (TPSA) is 65.2 Å². The molecule has 0 aliphatic heterocycles. The van der Waals surface area contributed by atoms with Crippen LogP contribution in [0.4, 0.5) is 13.2 Å². The lowest BCUT2D eigenvalue weighted by Gasteiger charge is -2.22. The van der Waals surface area contributed by atoms with Gasteiger partial charge in [0.05, 0.1) is 4.90 Å². The Hall–Kier alpha value is -1.06. The maximum absolute atomic E-state index is 12.5. The van der Waals surface area contributed by atoms with Crippen molar-refractivity contribution < 1.29 is 21.6 Å². The summed E-state index contributed by atoms with van der Waals surface area (Å²) in [6, 6.07) is 1.36. The van der Waals surface area contributed by atoms with Crippen LogP contribution in [0.5, 0.6) is 0 Å². The van der Waals surface area contributed by atoms with Gasteiger partial charge in [-0.2, -0.15) is 17.5 Å². The van der Waals surface area contributed by atoms with Gasteiger partial charge in [0.15, 0.2) is 0 Å². The molecule has 0 aliphatic rings. The number of nitrogens with one attached hydrogen (secondary N) is 2. The molecule has 0 unspecified atom stereocenters. The highest BCUT2D eigenvalue weighted by Gasteiger charge is 2.36. The van der Waals surface area contributed by atoms with E-state index in [1.165, 1.54) is 12.3 Å². The van der Waals surface area contributed by atoms with E-state index in [1.54, 1.807) is 6.92 Å². The highest BCUT2D eigenvalue weighted by Crippen LogP contribution is 2.23. The van der Waals surface area contributed by atoms with Crippen LogP contribution in [-0.4, -0.2) is 43.5 Å². The van der Waals surface area contributed by atoms with Crippen molar-refractivity contribution >= 4 is 10.0 Å². The van der Waals surface area contributed by atoms with Crippen molar-refractivity contribution in [1.29, 1.82) is 0 Å². The number of halogens is 3. The van der Waals surface area contributed by atoms with Gasteiger partial charge >= 0.3 is 6.18 Å². The highest BCUT2D eigenvalue weighted by molar-refractivity contribution is 7.89. The summed E-state index contributed by atoms with van der Waals surface area (Å²) >= 11 is 0. The lowest BCUT2D eigenvalue weighted by molar-refractivity contribution is -0.136. The first kappa shape index (κ1) is 18.0. The summed E-state index contributed by atoms with van der Waals surface area (Å²) < 4.78 is 62.6. The quantitative estimate of drug-likeness (QED) is 0.768. The second-order valence-electron chi connectivity index (χ2n) is 4.59. The number of alkyl halides is 3. The van der Waals surface area contributed by atoms with E-state index in [4.69, 9.17) is 0 Å². The smallest absolute Gasteiger partial charge is 0.363 e. The molecule has 1 aromatic heterocycles. The third-order valence-electron chi connectivity index (χ3n) is 2.75. The SMILES string of the molecule is CCCN(CC(F)(F)F)S(=O)(=O)c1c[nH]c(CNCC)c1. The number of nitrogens with zero attached hydrogens (tertiary/aromatic N) is 1. The number of H-pyrrole nitrogens is 1. The van der Waals surface area contributed by atoms with Gasteiger partial charge in [0.25, 0.3) is 0 Å². The largest absolute Gasteiger partial charge is 0.402 e. The van der Waals surface area contributed by atoms with E-state index in [9.17, 15) is 21.6 Å². The summed E-state index contributed by atoms with van der Waals surface area (Å²) in [4.78, 5) is 2.61. The van der Waals surface area contributed by atoms with Crippen LogP contribution < -0.4 is 5.32 Å². The Morgan fingerprint density at radius 1 is 1.33 bits per heavy atom. The first-order valence-corrected chi connectivity index (χ1v) is 8.09. The van der Waals surface area contributed by atoms with E-state index in [1.807, 2.05) is 6.92 Å². The molecule has 0 saturated heterocycles. The predicted molar refractivity (Wildman–Crippen MR) is 73.3 cm³/mol. The number of hydrogen-bond acceptors (Lipinski definition) is 3. The molecule has 5 nitrogen and oxygen atoms in total. The van der Waals surface area contributed by atoms with Crippen molar-refractivity contribution in [3.05, 3.63) is 18.0 Å². The molecule has 1 rings (SSSR count). The minimum absolute atomic E-state index is 0.145. The van der Waals surface area contributed by atoms with Crippen molar-refractivity contribution in [2.24, 2.45) is 0 Å². The van der Waals surface area contributed by atoms with Gasteiger partial charge in [0.2, 0.25) is 10.0 Å². The molecule has 0 aliphatic carbocycles. The number of sulfonamides is 1. The van der Waals surface area contributed by atoms with E-state index in [-0.39, 0.29) is 11.4 Å². The number of aromatic amines is 1. The van der Waals surface area contributed by atoms with Crippen molar-refractivity contribution in [2.45, 2.75) is 37.9 Å². The minimum Gasteiger partial charge on any atom is -0.363 e. The van der Waals surface area contributed by atoms with Crippen LogP contribution in [0.1, 0.15) is 26.0 Å². The Labute approximate surface area is 122 Å². The van der Waals surface area contributed by atoms with Crippen LogP contribution in [0.15, 0.2) is 17.2 Å². The fourth-order valence-electron chi connectivity index (χ4n) is 1.81. The van der Waals surface area contributed by atoms with E-state index >= 15 is 0 Å². The van der Waals surface area contributed by atoms with E-state index in [0.29, 0.717) is 29.5 Å². The second kappa shape index (κ2) is 7.28. The molecule has 0 saturated carbocycles. The van der Waals surface area contributed by atoms with Gasteiger partial charge in [0.1, 0.15) is 6.54 Å². The zero-order valence-corrected chi connectivity index (χ0v) is 12.8.